The molecule has 0 aliphatic carbocycles. The van der Waals surface area contributed by atoms with E-state index >= 15 is 0 Å². The summed E-state index contributed by atoms with van der Waals surface area (Å²) >= 11 is 0. The molecule has 0 saturated carbocycles. The van der Waals surface area contributed by atoms with E-state index in [4.69, 9.17) is 10.00 Å². The van der Waals surface area contributed by atoms with Gasteiger partial charge in [0, 0.05) is 31.5 Å². The van der Waals surface area contributed by atoms with Gasteiger partial charge in [-0.05, 0) is 14.1 Å². The lowest BCUT2D eigenvalue weighted by atomic mass is 10.2. The van der Waals surface area contributed by atoms with Gasteiger partial charge in [-0.1, -0.05) is 0 Å². The van der Waals surface area contributed by atoms with Gasteiger partial charge >= 0.3 is 0 Å². The Labute approximate surface area is 292 Å². The third kappa shape index (κ3) is 30.4. The Morgan fingerprint density at radius 3 is 0.941 bits per heavy atom. The van der Waals surface area contributed by atoms with Gasteiger partial charge in [0.05, 0.1) is 72.7 Å². The number of hydrogen-bond donors (Lipinski definition) is 4. The van der Waals surface area contributed by atoms with Crippen molar-refractivity contribution in [3.8, 4) is 0 Å². The lowest BCUT2D eigenvalue weighted by Gasteiger charge is -2.28. The number of rotatable bonds is 34. The third-order valence-corrected chi connectivity index (χ3v) is 10.4. The standard InChI is InChI=1S/C18H46N2O25P6/c1-19-11-17(13-21)14-44-50(31,32)41-9-7-39-48(27,28)37-5-3-35-47(25,26)36-4-6-38-49(29,30)40-8-10-42-51(33,34)45-16-18(12-20-2)15-43-46(22,23)24/h17-21H,3-16H2,1-2H3,(H,25,26)(H,27,28)(H,29,30)(H,31,32)(H,33,34)(H2,22,23,24)/p-6. The van der Waals surface area contributed by atoms with E-state index in [9.17, 15) is 56.8 Å². The van der Waals surface area contributed by atoms with Gasteiger partial charge in [-0.3, -0.25) is 27.4 Å². The van der Waals surface area contributed by atoms with Crippen LogP contribution in [0.25, 0.3) is 0 Å². The average Bonchev–Trinajstić information content (AvgIpc) is 3.01. The molecule has 308 valence electrons. The van der Waals surface area contributed by atoms with Crippen molar-refractivity contribution in [2.45, 2.75) is 0 Å². The van der Waals surface area contributed by atoms with Gasteiger partial charge in [-0.2, -0.15) is 0 Å². The Hall–Kier alpha value is 0.540. The molecular formula is C18H40N2O25P6-6. The van der Waals surface area contributed by atoms with Gasteiger partial charge in [0.15, 0.2) is 0 Å². The fraction of sp³-hybridized carbons (Fsp3) is 1.00. The molecule has 4 N–H and O–H groups in total. The van der Waals surface area contributed by atoms with Crippen molar-refractivity contribution in [1.82, 2.24) is 10.6 Å². The van der Waals surface area contributed by atoms with Gasteiger partial charge in [-0.25, -0.2) is 0 Å². The largest absolute Gasteiger partial charge is 0.756 e. The molecular weight excluding hydrogens is 830 g/mol. The molecule has 0 heterocycles. The first-order chi connectivity index (χ1) is 23.5. The van der Waals surface area contributed by atoms with Crippen LogP contribution in [0.5, 0.6) is 0 Å². The Bertz CT molecular complexity index is 1250. The van der Waals surface area contributed by atoms with E-state index in [0.29, 0.717) is 0 Å². The maximum atomic E-state index is 11.8. The second-order valence-corrected chi connectivity index (χ2v) is 17.5. The average molecular weight is 870 g/mol. The molecule has 0 fully saturated rings. The summed E-state index contributed by atoms with van der Waals surface area (Å²) in [5.41, 5.74) is 0. The molecule has 0 saturated heterocycles. The van der Waals surface area contributed by atoms with Gasteiger partial charge in [0.1, 0.15) is 0 Å². The summed E-state index contributed by atoms with van der Waals surface area (Å²) in [7, 11) is -27.3. The quantitative estimate of drug-likeness (QED) is 0.0350. The van der Waals surface area contributed by atoms with Crippen molar-refractivity contribution >= 4 is 46.9 Å². The number of phosphoric ester groups is 6. The van der Waals surface area contributed by atoms with Crippen LogP contribution in [-0.4, -0.2) is 116 Å². The molecule has 0 aliphatic rings. The normalized spacial score (nSPS) is 20.6. The highest BCUT2D eigenvalue weighted by molar-refractivity contribution is 7.47. The minimum atomic E-state index is -5.15. The van der Waals surface area contributed by atoms with Crippen LogP contribution < -0.4 is 40.0 Å². The summed E-state index contributed by atoms with van der Waals surface area (Å²) in [6.45, 7) is -9.01. The van der Waals surface area contributed by atoms with Crippen LogP contribution in [0, 0.1) is 11.8 Å². The lowest BCUT2D eigenvalue weighted by Crippen LogP contribution is -2.28. The minimum absolute atomic E-state index is 0.00562. The number of aliphatic hydroxyl groups excluding tert-OH is 1. The van der Waals surface area contributed by atoms with Crippen LogP contribution in [0.2, 0.25) is 0 Å². The fourth-order valence-electron chi connectivity index (χ4n) is 2.89. The summed E-state index contributed by atoms with van der Waals surface area (Å²) in [6, 6.07) is 0. The van der Waals surface area contributed by atoms with Gasteiger partial charge in [-0.15, -0.1) is 0 Å². The Morgan fingerprint density at radius 2 is 0.686 bits per heavy atom. The fourth-order valence-corrected chi connectivity index (χ4v) is 6.84. The van der Waals surface area contributed by atoms with Crippen LogP contribution in [0.1, 0.15) is 0 Å². The summed E-state index contributed by atoms with van der Waals surface area (Å²) in [4.78, 5) is 78.0. The van der Waals surface area contributed by atoms with E-state index in [1.54, 1.807) is 7.05 Å². The maximum Gasteiger partial charge on any atom is 0.268 e. The highest BCUT2D eigenvalue weighted by Crippen LogP contribution is 2.44. The molecule has 0 radical (unpaired) electrons. The summed E-state index contributed by atoms with van der Waals surface area (Å²) in [6.07, 6.45) is 0. The van der Waals surface area contributed by atoms with Crippen LogP contribution in [0.4, 0.5) is 0 Å². The molecule has 8 atom stereocenters. The molecule has 27 nitrogen and oxygen atoms in total. The van der Waals surface area contributed by atoms with Crippen LogP contribution >= 0.6 is 46.9 Å². The zero-order valence-electron chi connectivity index (χ0n) is 27.0. The number of phosphoric acid groups is 6. The van der Waals surface area contributed by atoms with Crippen LogP contribution in [0.15, 0.2) is 0 Å². The van der Waals surface area contributed by atoms with Crippen LogP contribution in [0.3, 0.4) is 0 Å². The van der Waals surface area contributed by atoms with E-state index in [-0.39, 0.29) is 19.7 Å². The first kappa shape index (κ1) is 51.5. The Morgan fingerprint density at radius 1 is 0.451 bits per heavy atom. The SMILES string of the molecule is CNCC(CO)COP(=O)([O-])OCCOP(=O)([O-])OCCOP(=O)([O-])OCCOP(=O)([O-])OCCOP(=O)([O-])OCC(CNC)COP(=O)([O-])O. The van der Waals surface area contributed by atoms with Crippen molar-refractivity contribution in [1.29, 1.82) is 0 Å². The first-order valence-electron chi connectivity index (χ1n) is 14.0. The number of hydrogen-bond acceptors (Lipinski definition) is 26. The highest BCUT2D eigenvalue weighted by Gasteiger charge is 2.19. The molecule has 0 rings (SSSR count). The van der Waals surface area contributed by atoms with E-state index in [2.05, 4.69) is 60.4 Å². The maximum absolute atomic E-state index is 11.8. The molecule has 0 aromatic heterocycles. The first-order valence-corrected chi connectivity index (χ1v) is 22.8. The molecule has 0 aliphatic heterocycles. The predicted octanol–water partition coefficient (Wildman–Crippen LogP) is -4.36. The molecule has 0 aromatic carbocycles. The zero-order chi connectivity index (χ0) is 39.2. The predicted molar refractivity (Wildman–Crippen MR) is 155 cm³/mol. The zero-order valence-corrected chi connectivity index (χ0v) is 32.4. The van der Waals surface area contributed by atoms with Gasteiger partial charge in [0.25, 0.3) is 46.9 Å². The molecule has 0 bridgehead atoms. The van der Waals surface area contributed by atoms with Crippen LogP contribution in [-0.2, 0) is 77.2 Å². The van der Waals surface area contributed by atoms with E-state index in [0.717, 1.165) is 0 Å². The van der Waals surface area contributed by atoms with Crippen molar-refractivity contribution < 1.29 is 117 Å². The summed E-state index contributed by atoms with van der Waals surface area (Å²) < 4.78 is 117. The number of aliphatic hydroxyl groups is 1. The van der Waals surface area contributed by atoms with Gasteiger partial charge in [0.2, 0.25) is 0 Å². The molecule has 0 spiro atoms. The molecule has 33 heteroatoms. The Kier molecular flexibility index (Phi) is 25.9. The monoisotopic (exact) mass is 870 g/mol. The molecule has 8 unspecified atom stereocenters. The second-order valence-electron chi connectivity index (χ2n) is 9.29. The summed E-state index contributed by atoms with van der Waals surface area (Å²) in [5.74, 6) is -1.43. The minimum Gasteiger partial charge on any atom is -0.756 e. The van der Waals surface area contributed by atoms with Crippen molar-refractivity contribution in [2.75, 3.05) is 106 Å². The van der Waals surface area contributed by atoms with Gasteiger partial charge < -0.3 is 99.8 Å². The lowest BCUT2D eigenvalue weighted by molar-refractivity contribution is -0.238. The van der Waals surface area contributed by atoms with Crippen molar-refractivity contribution in [2.24, 2.45) is 11.8 Å². The topological polar surface area (TPSA) is 407 Å². The number of nitrogens with one attached hydrogen (secondary N) is 2. The van der Waals surface area contributed by atoms with E-state index in [1.807, 2.05) is 0 Å². The van der Waals surface area contributed by atoms with E-state index in [1.165, 1.54) is 7.05 Å². The second kappa shape index (κ2) is 25.6. The van der Waals surface area contributed by atoms with E-state index < -0.39 is 131 Å². The Balaban J connectivity index is 4.26. The third-order valence-electron chi connectivity index (χ3n) is 4.98. The van der Waals surface area contributed by atoms with Crippen molar-refractivity contribution in [3.63, 3.8) is 0 Å². The highest BCUT2D eigenvalue weighted by atomic mass is 31.2. The molecule has 51 heavy (non-hydrogen) atoms. The molecule has 0 aromatic rings. The molecule has 0 amide bonds. The van der Waals surface area contributed by atoms with Crippen molar-refractivity contribution in [3.05, 3.63) is 0 Å². The smallest absolute Gasteiger partial charge is 0.268 e. The summed E-state index contributed by atoms with van der Waals surface area (Å²) in [5, 5.41) is 14.4.